The van der Waals surface area contributed by atoms with Crippen molar-refractivity contribution in [3.63, 3.8) is 0 Å². The van der Waals surface area contributed by atoms with E-state index in [9.17, 15) is 4.79 Å². The van der Waals surface area contributed by atoms with Crippen LogP contribution in [0.1, 0.15) is 24.4 Å². The monoisotopic (exact) mass is 345 g/mol. The molecule has 0 fully saturated rings. The molecule has 0 amide bonds. The highest BCUT2D eigenvalue weighted by atomic mass is 35.5. The van der Waals surface area contributed by atoms with E-state index < -0.39 is 8.07 Å². The lowest BCUT2D eigenvalue weighted by molar-refractivity contribution is -0.116. The van der Waals surface area contributed by atoms with Crippen molar-refractivity contribution in [2.24, 2.45) is 0 Å². The number of carbonyl (C=O) groups is 1. The van der Waals surface area contributed by atoms with Crippen LogP contribution in [0.5, 0.6) is 0 Å². The number of halogens is 1. The molecule has 0 saturated heterocycles. The predicted molar refractivity (Wildman–Crippen MR) is 100 cm³/mol. The Bertz CT molecular complexity index is 634. The fourth-order valence-electron chi connectivity index (χ4n) is 2.48. The van der Waals surface area contributed by atoms with Gasteiger partial charge in [-0.25, -0.2) is 0 Å². The summed E-state index contributed by atoms with van der Waals surface area (Å²) in [5.74, 6) is 6.77. The Balaban J connectivity index is 2.01. The van der Waals surface area contributed by atoms with E-state index in [1.165, 1.54) is 0 Å². The van der Waals surface area contributed by atoms with E-state index >= 15 is 0 Å². The molecule has 1 atom stereocenters. The quantitative estimate of drug-likeness (QED) is 0.571. The maximum atomic E-state index is 11.8. The molecule has 1 aliphatic heterocycles. The summed E-state index contributed by atoms with van der Waals surface area (Å²) in [6, 6.07) is 8.90. The minimum absolute atomic E-state index is 0.0866. The van der Waals surface area contributed by atoms with Crippen molar-refractivity contribution < 1.29 is 4.79 Å². The van der Waals surface area contributed by atoms with Gasteiger partial charge in [-0.1, -0.05) is 43.4 Å². The zero-order valence-electron chi connectivity index (χ0n) is 14.1. The summed E-state index contributed by atoms with van der Waals surface area (Å²) in [5.41, 5.74) is 1.13. The van der Waals surface area contributed by atoms with Crippen molar-refractivity contribution in [3.05, 3.63) is 47.1 Å². The number of ketones is 1. The SMILES string of the molecule is C[Si](C)(C)CC#CCCN1C=CC(=O)CC1c1ccc(Cl)cc1. The normalized spacial score (nSPS) is 17.8. The molecule has 0 N–H and O–H groups in total. The first-order valence-electron chi connectivity index (χ1n) is 8.03. The van der Waals surface area contributed by atoms with Gasteiger partial charge in [-0.3, -0.25) is 4.79 Å². The number of rotatable bonds is 4. The molecule has 1 unspecified atom stereocenters. The number of hydrogen-bond acceptors (Lipinski definition) is 2. The molecular formula is C19H24ClNOSi. The summed E-state index contributed by atoms with van der Waals surface area (Å²) in [6.07, 6.45) is 4.92. The van der Waals surface area contributed by atoms with Gasteiger partial charge in [-0.05, 0) is 23.8 Å². The Morgan fingerprint density at radius 3 is 2.57 bits per heavy atom. The third kappa shape index (κ3) is 5.89. The number of benzene rings is 1. The van der Waals surface area contributed by atoms with Gasteiger partial charge < -0.3 is 4.90 Å². The van der Waals surface area contributed by atoms with E-state index in [-0.39, 0.29) is 11.8 Å². The lowest BCUT2D eigenvalue weighted by atomic mass is 9.97. The third-order valence-corrected chi connectivity index (χ3v) is 5.23. The van der Waals surface area contributed by atoms with Crippen LogP contribution in [0.25, 0.3) is 0 Å². The van der Waals surface area contributed by atoms with Crippen LogP contribution >= 0.6 is 11.6 Å². The Morgan fingerprint density at radius 2 is 1.91 bits per heavy atom. The highest BCUT2D eigenvalue weighted by Gasteiger charge is 2.23. The fourth-order valence-corrected chi connectivity index (χ4v) is 3.27. The van der Waals surface area contributed by atoms with Gasteiger partial charge in [0.25, 0.3) is 0 Å². The summed E-state index contributed by atoms with van der Waals surface area (Å²) in [6.45, 7) is 7.83. The first kappa shape index (κ1) is 17.8. The van der Waals surface area contributed by atoms with Crippen molar-refractivity contribution in [2.45, 2.75) is 44.6 Å². The molecule has 23 heavy (non-hydrogen) atoms. The lowest BCUT2D eigenvalue weighted by Crippen LogP contribution is -2.29. The summed E-state index contributed by atoms with van der Waals surface area (Å²) >= 11 is 5.96. The molecule has 1 aromatic rings. The van der Waals surface area contributed by atoms with Gasteiger partial charge in [0.05, 0.1) is 14.1 Å². The van der Waals surface area contributed by atoms with Gasteiger partial charge in [-0.2, -0.15) is 0 Å². The Labute approximate surface area is 145 Å². The van der Waals surface area contributed by atoms with Crippen molar-refractivity contribution in [2.75, 3.05) is 6.54 Å². The van der Waals surface area contributed by atoms with Crippen molar-refractivity contribution in [3.8, 4) is 11.8 Å². The van der Waals surface area contributed by atoms with Crippen molar-refractivity contribution >= 4 is 25.5 Å². The van der Waals surface area contributed by atoms with E-state index in [1.54, 1.807) is 6.08 Å². The van der Waals surface area contributed by atoms with Crippen LogP contribution in [-0.4, -0.2) is 25.3 Å². The van der Waals surface area contributed by atoms with E-state index in [0.29, 0.717) is 6.42 Å². The molecule has 0 bridgehead atoms. The number of carbonyl (C=O) groups excluding carboxylic acids is 1. The summed E-state index contributed by atoms with van der Waals surface area (Å²) in [4.78, 5) is 14.0. The standard InChI is InChI=1S/C19H24ClNOSi/c1-23(2,3)14-6-4-5-12-21-13-11-18(22)15-19(21)16-7-9-17(20)10-8-16/h7-11,13,19H,5,12,14-15H2,1-3H3. The van der Waals surface area contributed by atoms with Gasteiger partial charge in [-0.15, -0.1) is 11.8 Å². The summed E-state index contributed by atoms with van der Waals surface area (Å²) in [7, 11) is -1.09. The first-order valence-corrected chi connectivity index (χ1v) is 12.1. The molecule has 1 aromatic carbocycles. The van der Waals surface area contributed by atoms with E-state index in [2.05, 4.69) is 36.4 Å². The third-order valence-electron chi connectivity index (χ3n) is 3.74. The minimum atomic E-state index is -1.09. The zero-order chi connectivity index (χ0) is 16.9. The highest BCUT2D eigenvalue weighted by molar-refractivity contribution is 6.76. The molecule has 0 spiro atoms. The van der Waals surface area contributed by atoms with Crippen LogP contribution < -0.4 is 0 Å². The van der Waals surface area contributed by atoms with Crippen LogP contribution in [0.15, 0.2) is 36.5 Å². The molecule has 122 valence electrons. The topological polar surface area (TPSA) is 20.3 Å². The Hall–Kier alpha value is -1.50. The summed E-state index contributed by atoms with van der Waals surface area (Å²) in [5, 5.41) is 0.718. The number of hydrogen-bond donors (Lipinski definition) is 0. The molecule has 0 aromatic heterocycles. The zero-order valence-corrected chi connectivity index (χ0v) is 15.9. The molecule has 4 heteroatoms. The average Bonchev–Trinajstić information content (AvgIpc) is 2.48. The van der Waals surface area contributed by atoms with Crippen LogP contribution in [0.2, 0.25) is 30.7 Å². The summed E-state index contributed by atoms with van der Waals surface area (Å²) < 4.78 is 0. The van der Waals surface area contributed by atoms with E-state index in [0.717, 1.165) is 29.6 Å². The van der Waals surface area contributed by atoms with E-state index in [4.69, 9.17) is 11.6 Å². The molecule has 1 aliphatic rings. The Kier molecular flexibility index (Phi) is 6.09. The second-order valence-electron chi connectivity index (χ2n) is 7.13. The van der Waals surface area contributed by atoms with Gasteiger partial charge in [0.1, 0.15) is 0 Å². The second kappa shape index (κ2) is 7.85. The smallest absolute Gasteiger partial charge is 0.159 e. The van der Waals surface area contributed by atoms with Gasteiger partial charge in [0.2, 0.25) is 0 Å². The van der Waals surface area contributed by atoms with E-state index in [1.807, 2.05) is 30.5 Å². The average molecular weight is 346 g/mol. The molecule has 0 radical (unpaired) electrons. The molecule has 0 aliphatic carbocycles. The largest absolute Gasteiger partial charge is 0.369 e. The van der Waals surface area contributed by atoms with Gasteiger partial charge in [0, 0.05) is 36.7 Å². The van der Waals surface area contributed by atoms with Crippen LogP contribution in [0.3, 0.4) is 0 Å². The molecule has 1 heterocycles. The molecule has 2 rings (SSSR count). The maximum absolute atomic E-state index is 11.8. The fraction of sp³-hybridized carbons (Fsp3) is 0.421. The van der Waals surface area contributed by atoms with Crippen molar-refractivity contribution in [1.82, 2.24) is 4.90 Å². The van der Waals surface area contributed by atoms with Crippen LogP contribution in [-0.2, 0) is 4.79 Å². The number of nitrogens with zero attached hydrogens (tertiary/aromatic N) is 1. The minimum Gasteiger partial charge on any atom is -0.369 e. The van der Waals surface area contributed by atoms with Crippen molar-refractivity contribution in [1.29, 1.82) is 0 Å². The molecular weight excluding hydrogens is 322 g/mol. The Morgan fingerprint density at radius 1 is 1.22 bits per heavy atom. The van der Waals surface area contributed by atoms with Gasteiger partial charge in [0.15, 0.2) is 5.78 Å². The second-order valence-corrected chi connectivity index (χ2v) is 13.0. The van der Waals surface area contributed by atoms with Crippen LogP contribution in [0.4, 0.5) is 0 Å². The maximum Gasteiger partial charge on any atom is 0.159 e. The highest BCUT2D eigenvalue weighted by Crippen LogP contribution is 2.29. The first-order chi connectivity index (χ1) is 10.8. The lowest BCUT2D eigenvalue weighted by Gasteiger charge is -2.32. The number of allylic oxidation sites excluding steroid dienone is 1. The molecule has 0 saturated carbocycles. The molecule has 2 nitrogen and oxygen atoms in total. The predicted octanol–water partition coefficient (Wildman–Crippen LogP) is 4.90. The van der Waals surface area contributed by atoms with Gasteiger partial charge >= 0.3 is 0 Å². The van der Waals surface area contributed by atoms with Crippen LogP contribution in [0, 0.1) is 11.8 Å².